The zero-order valence-corrected chi connectivity index (χ0v) is 12.8. The second-order valence-electron chi connectivity index (χ2n) is 4.78. The minimum absolute atomic E-state index is 0.134. The molecule has 1 rings (SSSR count). The number of carbonyl (C=O) groups excluding carboxylic acids is 1. The Morgan fingerprint density at radius 2 is 2.00 bits per heavy atom. The Labute approximate surface area is 120 Å². The predicted molar refractivity (Wildman–Crippen MR) is 79.2 cm³/mol. The van der Waals surface area contributed by atoms with Crippen molar-refractivity contribution in [3.8, 4) is 5.75 Å². The van der Waals surface area contributed by atoms with E-state index in [1.807, 2.05) is 39.0 Å². The standard InChI is InChI=1S/C15H22ClNO2/c1-5-15(6-2,10-16)17-14(18)12-9-11(3)7-8-13(12)19-4/h7-9H,5-6,10H2,1-4H3,(H,17,18). The molecule has 4 heteroatoms. The van der Waals surface area contributed by atoms with E-state index in [9.17, 15) is 4.79 Å². The van der Waals surface area contributed by atoms with Crippen LogP contribution < -0.4 is 10.1 Å². The fourth-order valence-electron chi connectivity index (χ4n) is 1.96. The molecule has 0 atom stereocenters. The van der Waals surface area contributed by atoms with Gasteiger partial charge in [-0.15, -0.1) is 11.6 Å². The normalized spacial score (nSPS) is 11.2. The SMILES string of the molecule is CCC(CC)(CCl)NC(=O)c1cc(C)ccc1OC. The smallest absolute Gasteiger partial charge is 0.255 e. The van der Waals surface area contributed by atoms with Crippen molar-refractivity contribution in [1.82, 2.24) is 5.32 Å². The van der Waals surface area contributed by atoms with Crippen LogP contribution in [0.25, 0.3) is 0 Å². The Kier molecular flexibility index (Phi) is 5.67. The molecule has 0 aliphatic carbocycles. The first-order valence-corrected chi connectivity index (χ1v) is 7.08. The molecule has 0 saturated heterocycles. The maximum atomic E-state index is 12.4. The maximum absolute atomic E-state index is 12.4. The topological polar surface area (TPSA) is 38.3 Å². The number of carbonyl (C=O) groups is 1. The first-order valence-electron chi connectivity index (χ1n) is 6.55. The summed E-state index contributed by atoms with van der Waals surface area (Å²) in [7, 11) is 1.57. The molecule has 0 radical (unpaired) electrons. The third-order valence-electron chi connectivity index (χ3n) is 3.59. The van der Waals surface area contributed by atoms with Gasteiger partial charge in [-0.05, 0) is 31.9 Å². The van der Waals surface area contributed by atoms with Gasteiger partial charge in [0.1, 0.15) is 5.75 Å². The Hall–Kier alpha value is -1.22. The van der Waals surface area contributed by atoms with Crippen LogP contribution in [-0.4, -0.2) is 24.4 Å². The Morgan fingerprint density at radius 3 is 2.47 bits per heavy atom. The molecule has 1 aromatic carbocycles. The molecule has 0 aliphatic heterocycles. The first-order chi connectivity index (χ1) is 9.01. The zero-order valence-electron chi connectivity index (χ0n) is 12.0. The van der Waals surface area contributed by atoms with Crippen molar-refractivity contribution < 1.29 is 9.53 Å². The highest BCUT2D eigenvalue weighted by molar-refractivity contribution is 6.19. The second-order valence-corrected chi connectivity index (χ2v) is 5.05. The van der Waals surface area contributed by atoms with E-state index in [1.54, 1.807) is 7.11 Å². The van der Waals surface area contributed by atoms with Gasteiger partial charge in [0.25, 0.3) is 5.91 Å². The zero-order chi connectivity index (χ0) is 14.5. The van der Waals surface area contributed by atoms with Crippen molar-refractivity contribution in [3.63, 3.8) is 0 Å². The van der Waals surface area contributed by atoms with Gasteiger partial charge in [0.2, 0.25) is 0 Å². The number of nitrogens with one attached hydrogen (secondary N) is 1. The fraction of sp³-hybridized carbons (Fsp3) is 0.533. The molecule has 0 heterocycles. The van der Waals surface area contributed by atoms with Gasteiger partial charge in [-0.2, -0.15) is 0 Å². The molecule has 0 aromatic heterocycles. The van der Waals surface area contributed by atoms with E-state index in [4.69, 9.17) is 16.3 Å². The molecule has 0 spiro atoms. The molecule has 0 bridgehead atoms. The number of benzene rings is 1. The molecule has 0 fully saturated rings. The van der Waals surface area contributed by atoms with Gasteiger partial charge in [0.05, 0.1) is 18.2 Å². The van der Waals surface area contributed by atoms with Crippen LogP contribution in [0.15, 0.2) is 18.2 Å². The average molecular weight is 284 g/mol. The molecule has 0 unspecified atom stereocenters. The highest BCUT2D eigenvalue weighted by Crippen LogP contribution is 2.23. The van der Waals surface area contributed by atoms with E-state index < -0.39 is 0 Å². The quantitative estimate of drug-likeness (QED) is 0.811. The monoisotopic (exact) mass is 283 g/mol. The molecular weight excluding hydrogens is 262 g/mol. The number of ether oxygens (including phenoxy) is 1. The number of methoxy groups -OCH3 is 1. The van der Waals surface area contributed by atoms with Crippen molar-refractivity contribution in [2.45, 2.75) is 39.2 Å². The van der Waals surface area contributed by atoms with Gasteiger partial charge in [0, 0.05) is 5.88 Å². The average Bonchev–Trinajstić information content (AvgIpc) is 2.44. The predicted octanol–water partition coefficient (Wildman–Crippen LogP) is 3.53. The number of aryl methyl sites for hydroxylation is 1. The number of halogens is 1. The number of amides is 1. The van der Waals surface area contributed by atoms with E-state index in [-0.39, 0.29) is 11.4 Å². The van der Waals surface area contributed by atoms with E-state index in [0.717, 1.165) is 18.4 Å². The molecule has 3 nitrogen and oxygen atoms in total. The maximum Gasteiger partial charge on any atom is 0.255 e. The van der Waals surface area contributed by atoms with Crippen molar-refractivity contribution in [1.29, 1.82) is 0 Å². The Bertz CT molecular complexity index is 434. The van der Waals surface area contributed by atoms with Crippen molar-refractivity contribution in [2.75, 3.05) is 13.0 Å². The van der Waals surface area contributed by atoms with Crippen LogP contribution in [0.3, 0.4) is 0 Å². The highest BCUT2D eigenvalue weighted by Gasteiger charge is 2.28. The van der Waals surface area contributed by atoms with Gasteiger partial charge >= 0.3 is 0 Å². The lowest BCUT2D eigenvalue weighted by atomic mass is 9.94. The van der Waals surface area contributed by atoms with E-state index in [0.29, 0.717) is 17.2 Å². The molecular formula is C15H22ClNO2. The third kappa shape index (κ3) is 3.63. The van der Waals surface area contributed by atoms with E-state index >= 15 is 0 Å². The summed E-state index contributed by atoms with van der Waals surface area (Å²) in [5.41, 5.74) is 1.22. The molecule has 0 saturated carbocycles. The summed E-state index contributed by atoms with van der Waals surface area (Å²) in [5.74, 6) is 0.851. The molecule has 1 amide bonds. The lowest BCUT2D eigenvalue weighted by Gasteiger charge is -2.31. The van der Waals surface area contributed by atoms with Gasteiger partial charge in [-0.3, -0.25) is 4.79 Å². The molecule has 1 aromatic rings. The summed E-state index contributed by atoms with van der Waals surface area (Å²) in [6.45, 7) is 6.00. The van der Waals surface area contributed by atoms with Crippen molar-refractivity contribution >= 4 is 17.5 Å². The Morgan fingerprint density at radius 1 is 1.37 bits per heavy atom. The van der Waals surface area contributed by atoms with Crippen LogP contribution in [0.5, 0.6) is 5.75 Å². The number of alkyl halides is 1. The highest BCUT2D eigenvalue weighted by atomic mass is 35.5. The van der Waals surface area contributed by atoms with Crippen LogP contribution in [-0.2, 0) is 0 Å². The number of hydrogen-bond donors (Lipinski definition) is 1. The summed E-state index contributed by atoms with van der Waals surface area (Å²) < 4.78 is 5.24. The third-order valence-corrected chi connectivity index (χ3v) is 4.10. The van der Waals surface area contributed by atoms with Crippen LogP contribution in [0, 0.1) is 6.92 Å². The van der Waals surface area contributed by atoms with Gasteiger partial charge in [-0.1, -0.05) is 25.5 Å². The molecule has 1 N–H and O–H groups in total. The molecule has 19 heavy (non-hydrogen) atoms. The molecule has 0 aliphatic rings. The summed E-state index contributed by atoms with van der Waals surface area (Å²) in [4.78, 5) is 12.4. The van der Waals surface area contributed by atoms with Crippen LogP contribution >= 0.6 is 11.6 Å². The van der Waals surface area contributed by atoms with E-state index in [1.165, 1.54) is 0 Å². The minimum atomic E-state index is -0.354. The van der Waals surface area contributed by atoms with Crippen LogP contribution in [0.4, 0.5) is 0 Å². The fourth-order valence-corrected chi connectivity index (χ4v) is 2.40. The largest absolute Gasteiger partial charge is 0.496 e. The lowest BCUT2D eigenvalue weighted by Crippen LogP contribution is -2.49. The van der Waals surface area contributed by atoms with Gasteiger partial charge in [-0.25, -0.2) is 0 Å². The second kappa shape index (κ2) is 6.80. The summed E-state index contributed by atoms with van der Waals surface area (Å²) in [6.07, 6.45) is 1.60. The Balaban J connectivity index is 3.03. The van der Waals surface area contributed by atoms with Crippen LogP contribution in [0.1, 0.15) is 42.6 Å². The summed E-state index contributed by atoms with van der Waals surface area (Å²) in [5, 5.41) is 3.05. The van der Waals surface area contributed by atoms with Crippen LogP contribution in [0.2, 0.25) is 0 Å². The summed E-state index contributed by atoms with van der Waals surface area (Å²) >= 11 is 6.02. The first kappa shape index (κ1) is 15.8. The number of rotatable bonds is 6. The number of hydrogen-bond acceptors (Lipinski definition) is 2. The minimum Gasteiger partial charge on any atom is -0.496 e. The molecule has 106 valence electrons. The van der Waals surface area contributed by atoms with Gasteiger partial charge in [0.15, 0.2) is 0 Å². The lowest BCUT2D eigenvalue weighted by molar-refractivity contribution is 0.0899. The van der Waals surface area contributed by atoms with Crippen molar-refractivity contribution in [2.24, 2.45) is 0 Å². The van der Waals surface area contributed by atoms with E-state index in [2.05, 4.69) is 5.32 Å². The summed E-state index contributed by atoms with van der Waals surface area (Å²) in [6, 6.07) is 5.56. The van der Waals surface area contributed by atoms with Gasteiger partial charge < -0.3 is 10.1 Å². The van der Waals surface area contributed by atoms with Crippen molar-refractivity contribution in [3.05, 3.63) is 29.3 Å².